The number of hydrogen-bond acceptors (Lipinski definition) is 4. The molecule has 0 unspecified atom stereocenters. The molecule has 3 rings (SSSR count). The highest BCUT2D eigenvalue weighted by Gasteiger charge is 2.33. The lowest BCUT2D eigenvalue weighted by Gasteiger charge is -2.28. The van der Waals surface area contributed by atoms with E-state index < -0.39 is 0 Å². The minimum atomic E-state index is -0.0628. The molecule has 0 saturated carbocycles. The smallest absolute Gasteiger partial charge is 0.225 e. The maximum Gasteiger partial charge on any atom is 0.225 e. The average Bonchev–Trinajstić information content (AvgIpc) is 3.28. The Balaban J connectivity index is 1.81. The quantitative estimate of drug-likeness (QED) is 0.710. The van der Waals surface area contributed by atoms with Gasteiger partial charge in [0, 0.05) is 18.5 Å². The first-order chi connectivity index (χ1) is 13.4. The van der Waals surface area contributed by atoms with Gasteiger partial charge in [-0.2, -0.15) is 5.10 Å². The molecule has 1 aliphatic rings. The standard InChI is InChI=1S/C21H28ClN3O3/c1-13(25-15(3)21(22)14(2)23-25)11-20(26)24-10-6-7-18(24)17-12-16(27-4)8-9-19(17)28-5/h8-9,12-13,18H,6-7,10-11H2,1-5H3/t13-,18-/m1/s1. The van der Waals surface area contributed by atoms with Crippen LogP contribution in [0.4, 0.5) is 0 Å². The number of halogens is 1. The molecule has 1 saturated heterocycles. The highest BCUT2D eigenvalue weighted by molar-refractivity contribution is 6.31. The monoisotopic (exact) mass is 405 g/mol. The number of aromatic nitrogens is 2. The van der Waals surface area contributed by atoms with Gasteiger partial charge in [-0.15, -0.1) is 0 Å². The lowest BCUT2D eigenvalue weighted by atomic mass is 10.0. The van der Waals surface area contributed by atoms with Gasteiger partial charge in [-0.1, -0.05) is 11.6 Å². The first-order valence-corrected chi connectivity index (χ1v) is 9.97. The van der Waals surface area contributed by atoms with E-state index in [1.165, 1.54) is 0 Å². The molecule has 0 bridgehead atoms. The molecular weight excluding hydrogens is 378 g/mol. The van der Waals surface area contributed by atoms with Crippen molar-refractivity contribution in [2.45, 2.75) is 52.1 Å². The van der Waals surface area contributed by atoms with E-state index in [0.717, 1.165) is 47.8 Å². The molecule has 0 radical (unpaired) electrons. The zero-order valence-electron chi connectivity index (χ0n) is 17.2. The molecule has 0 aliphatic carbocycles. The van der Waals surface area contributed by atoms with E-state index in [1.54, 1.807) is 14.2 Å². The molecule has 1 fully saturated rings. The second-order valence-electron chi connectivity index (χ2n) is 7.34. The Morgan fingerprint density at radius 1 is 1.32 bits per heavy atom. The van der Waals surface area contributed by atoms with Crippen molar-refractivity contribution in [3.8, 4) is 11.5 Å². The third-order valence-corrected chi connectivity index (χ3v) is 6.04. The van der Waals surface area contributed by atoms with E-state index in [0.29, 0.717) is 11.4 Å². The molecule has 1 aliphatic heterocycles. The summed E-state index contributed by atoms with van der Waals surface area (Å²) in [7, 11) is 3.30. The molecule has 2 atom stereocenters. The Bertz CT molecular complexity index is 865. The number of carbonyl (C=O) groups excluding carboxylic acids is 1. The van der Waals surface area contributed by atoms with E-state index in [2.05, 4.69) is 5.10 Å². The second kappa shape index (κ2) is 8.43. The molecule has 1 amide bonds. The summed E-state index contributed by atoms with van der Waals surface area (Å²) in [5, 5.41) is 5.16. The molecule has 0 N–H and O–H groups in total. The van der Waals surface area contributed by atoms with Gasteiger partial charge in [0.15, 0.2) is 0 Å². The van der Waals surface area contributed by atoms with Gasteiger partial charge in [-0.25, -0.2) is 0 Å². The molecular formula is C21H28ClN3O3. The van der Waals surface area contributed by atoms with Gasteiger partial charge >= 0.3 is 0 Å². The van der Waals surface area contributed by atoms with E-state index >= 15 is 0 Å². The predicted molar refractivity (Wildman–Crippen MR) is 109 cm³/mol. The van der Waals surface area contributed by atoms with Crippen molar-refractivity contribution in [3.05, 3.63) is 40.2 Å². The molecule has 152 valence electrons. The Hall–Kier alpha value is -2.21. The van der Waals surface area contributed by atoms with Crippen LogP contribution in [-0.4, -0.2) is 41.4 Å². The van der Waals surface area contributed by atoms with Gasteiger partial charge in [0.2, 0.25) is 5.91 Å². The highest BCUT2D eigenvalue weighted by atomic mass is 35.5. The number of ether oxygens (including phenoxy) is 2. The number of aryl methyl sites for hydroxylation is 1. The largest absolute Gasteiger partial charge is 0.497 e. The van der Waals surface area contributed by atoms with Crippen LogP contribution < -0.4 is 9.47 Å². The fourth-order valence-corrected chi connectivity index (χ4v) is 4.14. The lowest BCUT2D eigenvalue weighted by Crippen LogP contribution is -2.32. The number of hydrogen-bond donors (Lipinski definition) is 0. The maximum atomic E-state index is 13.1. The number of carbonyl (C=O) groups is 1. The second-order valence-corrected chi connectivity index (χ2v) is 7.71. The third-order valence-electron chi connectivity index (χ3n) is 5.49. The molecule has 7 heteroatoms. The van der Waals surface area contributed by atoms with Gasteiger partial charge in [0.05, 0.1) is 42.7 Å². The predicted octanol–water partition coefficient (Wildman–Crippen LogP) is 4.49. The van der Waals surface area contributed by atoms with E-state index in [1.807, 2.05) is 48.6 Å². The van der Waals surface area contributed by atoms with Crippen LogP contribution in [-0.2, 0) is 4.79 Å². The van der Waals surface area contributed by atoms with Crippen LogP contribution in [0.5, 0.6) is 11.5 Å². The van der Waals surface area contributed by atoms with Crippen LogP contribution in [0.25, 0.3) is 0 Å². The normalized spacial score (nSPS) is 17.6. The van der Waals surface area contributed by atoms with Crippen molar-refractivity contribution in [2.24, 2.45) is 0 Å². The van der Waals surface area contributed by atoms with E-state index in [9.17, 15) is 4.79 Å². The maximum absolute atomic E-state index is 13.1. The van der Waals surface area contributed by atoms with Crippen molar-refractivity contribution >= 4 is 17.5 Å². The summed E-state index contributed by atoms with van der Waals surface area (Å²) in [5.41, 5.74) is 2.68. The van der Waals surface area contributed by atoms with Gasteiger partial charge in [0.1, 0.15) is 11.5 Å². The number of likely N-dealkylation sites (tertiary alicyclic amines) is 1. The van der Waals surface area contributed by atoms with Crippen molar-refractivity contribution in [1.29, 1.82) is 0 Å². The molecule has 2 heterocycles. The Kier molecular flexibility index (Phi) is 6.18. The molecule has 1 aromatic heterocycles. The SMILES string of the molecule is COc1ccc(OC)c([C@H]2CCCN2C(=O)C[C@@H](C)n2nc(C)c(Cl)c2C)c1. The van der Waals surface area contributed by atoms with Crippen LogP contribution in [0.1, 0.15) is 55.2 Å². The molecule has 2 aromatic rings. The number of benzene rings is 1. The zero-order chi connectivity index (χ0) is 20.4. The lowest BCUT2D eigenvalue weighted by molar-refractivity contribution is -0.133. The van der Waals surface area contributed by atoms with Crippen LogP contribution >= 0.6 is 11.6 Å². The topological polar surface area (TPSA) is 56.6 Å². The van der Waals surface area contributed by atoms with Crippen LogP contribution in [0.2, 0.25) is 5.02 Å². The average molecular weight is 406 g/mol. The van der Waals surface area contributed by atoms with Gasteiger partial charge in [-0.05, 0) is 51.8 Å². The summed E-state index contributed by atoms with van der Waals surface area (Å²) in [6.07, 6.45) is 2.26. The summed E-state index contributed by atoms with van der Waals surface area (Å²) in [6.45, 7) is 6.56. The molecule has 1 aromatic carbocycles. The third kappa shape index (κ3) is 3.83. The molecule has 28 heavy (non-hydrogen) atoms. The van der Waals surface area contributed by atoms with Crippen LogP contribution in [0.15, 0.2) is 18.2 Å². The van der Waals surface area contributed by atoms with Gasteiger partial charge < -0.3 is 14.4 Å². The summed E-state index contributed by atoms with van der Waals surface area (Å²) < 4.78 is 12.8. The Labute approximate surface area is 171 Å². The van der Waals surface area contributed by atoms with E-state index in [4.69, 9.17) is 21.1 Å². The fourth-order valence-electron chi connectivity index (χ4n) is 4.02. The van der Waals surface area contributed by atoms with Crippen molar-refractivity contribution in [1.82, 2.24) is 14.7 Å². The fraction of sp³-hybridized carbons (Fsp3) is 0.524. The van der Waals surface area contributed by atoms with Gasteiger partial charge in [-0.3, -0.25) is 9.48 Å². The van der Waals surface area contributed by atoms with Crippen LogP contribution in [0, 0.1) is 13.8 Å². The summed E-state index contributed by atoms with van der Waals surface area (Å²) in [6, 6.07) is 5.67. The van der Waals surface area contributed by atoms with E-state index in [-0.39, 0.29) is 18.0 Å². The zero-order valence-corrected chi connectivity index (χ0v) is 17.9. The minimum absolute atomic E-state index is 0.00575. The molecule has 0 spiro atoms. The Morgan fingerprint density at radius 3 is 2.68 bits per heavy atom. The number of rotatable bonds is 6. The van der Waals surface area contributed by atoms with Gasteiger partial charge in [0.25, 0.3) is 0 Å². The summed E-state index contributed by atoms with van der Waals surface area (Å²) >= 11 is 6.27. The summed E-state index contributed by atoms with van der Waals surface area (Å²) in [4.78, 5) is 15.1. The van der Waals surface area contributed by atoms with Crippen LogP contribution in [0.3, 0.4) is 0 Å². The highest BCUT2D eigenvalue weighted by Crippen LogP contribution is 2.39. The van der Waals surface area contributed by atoms with Crippen molar-refractivity contribution in [2.75, 3.05) is 20.8 Å². The van der Waals surface area contributed by atoms with Crippen molar-refractivity contribution in [3.63, 3.8) is 0 Å². The number of methoxy groups -OCH3 is 2. The molecule has 6 nitrogen and oxygen atoms in total. The summed E-state index contributed by atoms with van der Waals surface area (Å²) in [5.74, 6) is 1.66. The first kappa shape index (κ1) is 20.5. The Morgan fingerprint density at radius 2 is 2.07 bits per heavy atom. The first-order valence-electron chi connectivity index (χ1n) is 9.60. The number of amides is 1. The minimum Gasteiger partial charge on any atom is -0.497 e. The van der Waals surface area contributed by atoms with Crippen molar-refractivity contribution < 1.29 is 14.3 Å². The number of nitrogens with zero attached hydrogens (tertiary/aromatic N) is 3.